The predicted molar refractivity (Wildman–Crippen MR) is 88.2 cm³/mol. The highest BCUT2D eigenvalue weighted by Crippen LogP contribution is 2.38. The molecule has 7 nitrogen and oxygen atoms in total. The van der Waals surface area contributed by atoms with Crippen LogP contribution in [0.4, 0.5) is 18.0 Å². The van der Waals surface area contributed by atoms with Crippen molar-refractivity contribution in [2.45, 2.75) is 32.4 Å². The quantitative estimate of drug-likeness (QED) is 0.585. The Morgan fingerprint density at radius 1 is 1.33 bits per heavy atom. The molecule has 0 spiro atoms. The van der Waals surface area contributed by atoms with E-state index in [9.17, 15) is 22.8 Å². The lowest BCUT2D eigenvalue weighted by atomic mass is 10.0. The lowest BCUT2D eigenvalue weighted by molar-refractivity contribution is -0.154. The molecule has 0 saturated carbocycles. The van der Waals surface area contributed by atoms with Gasteiger partial charge in [0.05, 0.1) is 18.5 Å². The number of fused-ring (bicyclic) bond motifs is 1. The number of alkyl halides is 3. The van der Waals surface area contributed by atoms with E-state index < -0.39 is 18.0 Å². The Morgan fingerprint density at radius 3 is 2.74 bits per heavy atom. The molecule has 27 heavy (non-hydrogen) atoms. The van der Waals surface area contributed by atoms with Crippen LogP contribution in [0.25, 0.3) is 10.9 Å². The number of rotatable bonds is 7. The second-order valence-electron chi connectivity index (χ2n) is 6.10. The molecule has 1 aliphatic heterocycles. The fraction of sp³-hybridized carbons (Fsp3) is 0.471. The highest BCUT2D eigenvalue weighted by atomic mass is 19.4. The number of carbonyl (C=O) groups excluding carboxylic acids is 2. The molecule has 3 rings (SSSR count). The maximum atomic E-state index is 13.0. The van der Waals surface area contributed by atoms with Crippen LogP contribution in [0.5, 0.6) is 5.75 Å². The summed E-state index contributed by atoms with van der Waals surface area (Å²) in [6.45, 7) is 2.29. The molecule has 146 valence electrons. The SMILES string of the molecule is CCCc1c(OCCCN2C(=O)CNC2=O)ccc2c(C(F)(F)F)onc12. The summed E-state index contributed by atoms with van der Waals surface area (Å²) in [5.41, 5.74) is 0.681. The number of hydrogen-bond donors (Lipinski definition) is 1. The minimum Gasteiger partial charge on any atom is -0.493 e. The van der Waals surface area contributed by atoms with Crippen molar-refractivity contribution in [2.24, 2.45) is 0 Å². The minimum atomic E-state index is -4.62. The molecule has 3 amide bonds. The van der Waals surface area contributed by atoms with Crippen LogP contribution in [0, 0.1) is 0 Å². The molecule has 10 heteroatoms. The van der Waals surface area contributed by atoms with Crippen LogP contribution >= 0.6 is 0 Å². The van der Waals surface area contributed by atoms with Gasteiger partial charge in [0.15, 0.2) is 0 Å². The van der Waals surface area contributed by atoms with E-state index in [1.165, 1.54) is 12.1 Å². The zero-order valence-electron chi connectivity index (χ0n) is 14.6. The number of carbonyl (C=O) groups is 2. The average Bonchev–Trinajstić information content (AvgIpc) is 3.18. The Morgan fingerprint density at radius 2 is 2.11 bits per heavy atom. The van der Waals surface area contributed by atoms with Gasteiger partial charge in [0, 0.05) is 12.1 Å². The highest BCUT2D eigenvalue weighted by molar-refractivity contribution is 6.01. The zero-order chi connectivity index (χ0) is 19.6. The number of nitrogens with zero attached hydrogens (tertiary/aromatic N) is 2. The van der Waals surface area contributed by atoms with E-state index >= 15 is 0 Å². The Labute approximate surface area is 152 Å². The Balaban J connectivity index is 1.73. The van der Waals surface area contributed by atoms with Crippen LogP contribution < -0.4 is 10.1 Å². The van der Waals surface area contributed by atoms with Crippen molar-refractivity contribution in [3.8, 4) is 5.75 Å². The number of amides is 3. The first kappa shape index (κ1) is 19.0. The maximum absolute atomic E-state index is 13.0. The van der Waals surface area contributed by atoms with Gasteiger partial charge in [0.25, 0.3) is 0 Å². The smallest absolute Gasteiger partial charge is 0.453 e. The van der Waals surface area contributed by atoms with Gasteiger partial charge >= 0.3 is 12.2 Å². The molecule has 1 aliphatic rings. The third-order valence-electron chi connectivity index (χ3n) is 4.19. The molecule has 0 radical (unpaired) electrons. The third kappa shape index (κ3) is 3.83. The minimum absolute atomic E-state index is 0.00922. The van der Waals surface area contributed by atoms with E-state index in [1.54, 1.807) is 0 Å². The van der Waals surface area contributed by atoms with Gasteiger partial charge < -0.3 is 14.6 Å². The van der Waals surface area contributed by atoms with E-state index in [4.69, 9.17) is 4.74 Å². The molecule has 2 heterocycles. The van der Waals surface area contributed by atoms with Gasteiger partial charge in [-0.2, -0.15) is 13.2 Å². The first-order valence-corrected chi connectivity index (χ1v) is 8.52. The van der Waals surface area contributed by atoms with Crippen LogP contribution in [-0.4, -0.2) is 41.7 Å². The summed E-state index contributed by atoms with van der Waals surface area (Å²) in [5, 5.41) is 5.92. The number of nitrogens with one attached hydrogen (secondary N) is 1. The Kier molecular flexibility index (Phi) is 5.24. The molecular weight excluding hydrogens is 367 g/mol. The summed E-state index contributed by atoms with van der Waals surface area (Å²) < 4.78 is 49.2. The van der Waals surface area contributed by atoms with Gasteiger partial charge in [-0.25, -0.2) is 4.79 Å². The predicted octanol–water partition coefficient (Wildman–Crippen LogP) is 3.12. The molecule has 0 aliphatic carbocycles. The van der Waals surface area contributed by atoms with Gasteiger partial charge in [0.1, 0.15) is 11.3 Å². The number of aryl methyl sites for hydroxylation is 1. The lowest BCUT2D eigenvalue weighted by Crippen LogP contribution is -2.32. The molecule has 0 unspecified atom stereocenters. The number of halogens is 3. The molecule has 1 aromatic carbocycles. The van der Waals surface area contributed by atoms with Gasteiger partial charge in [0.2, 0.25) is 11.7 Å². The van der Waals surface area contributed by atoms with Gasteiger partial charge in [-0.3, -0.25) is 9.69 Å². The largest absolute Gasteiger partial charge is 0.493 e. The Bertz CT molecular complexity index is 847. The first-order chi connectivity index (χ1) is 12.8. The van der Waals surface area contributed by atoms with Crippen LogP contribution in [-0.2, 0) is 17.4 Å². The number of aromatic nitrogens is 1. The van der Waals surface area contributed by atoms with Crippen molar-refractivity contribution in [1.82, 2.24) is 15.4 Å². The van der Waals surface area contributed by atoms with Crippen LogP contribution in [0.3, 0.4) is 0 Å². The van der Waals surface area contributed by atoms with Crippen LogP contribution in [0.2, 0.25) is 0 Å². The molecular formula is C17H18F3N3O4. The number of hydrogen-bond acceptors (Lipinski definition) is 5. The molecule has 1 fully saturated rings. The van der Waals surface area contributed by atoms with Crippen molar-refractivity contribution in [3.63, 3.8) is 0 Å². The summed E-state index contributed by atoms with van der Waals surface area (Å²) in [4.78, 5) is 24.1. The van der Waals surface area contributed by atoms with Crippen molar-refractivity contribution in [3.05, 3.63) is 23.5 Å². The van der Waals surface area contributed by atoms with E-state index in [-0.39, 0.29) is 36.5 Å². The Hall–Kier alpha value is -2.78. The average molecular weight is 385 g/mol. The van der Waals surface area contributed by atoms with E-state index in [1.807, 2.05) is 6.92 Å². The topological polar surface area (TPSA) is 84.7 Å². The van der Waals surface area contributed by atoms with Crippen molar-refractivity contribution in [1.29, 1.82) is 0 Å². The molecule has 0 atom stereocenters. The summed E-state index contributed by atoms with van der Waals surface area (Å²) in [6, 6.07) is 2.31. The van der Waals surface area contributed by atoms with Crippen molar-refractivity contribution < 1.29 is 32.0 Å². The van der Waals surface area contributed by atoms with Crippen molar-refractivity contribution >= 4 is 22.8 Å². The van der Waals surface area contributed by atoms with Crippen LogP contribution in [0.1, 0.15) is 31.1 Å². The normalized spacial score (nSPS) is 14.9. The number of benzene rings is 1. The number of urea groups is 1. The molecule has 2 aromatic rings. The van der Waals surface area contributed by atoms with E-state index in [0.717, 1.165) is 4.90 Å². The summed E-state index contributed by atoms with van der Waals surface area (Å²) in [7, 11) is 0. The standard InChI is InChI=1S/C17H18F3N3O4/c1-2-4-10-12(26-8-3-7-23-13(24)9-21-16(23)25)6-5-11-14(10)22-27-15(11)17(18,19)20/h5-6H,2-4,7-9H2,1H3,(H,21,25). The van der Waals surface area contributed by atoms with Gasteiger partial charge in [-0.1, -0.05) is 18.5 Å². The summed E-state index contributed by atoms with van der Waals surface area (Å²) in [6.07, 6.45) is -3.06. The second kappa shape index (κ2) is 7.45. The zero-order valence-corrected chi connectivity index (χ0v) is 14.6. The number of imide groups is 1. The van der Waals surface area contributed by atoms with Crippen LogP contribution in [0.15, 0.2) is 16.7 Å². The van der Waals surface area contributed by atoms with E-state index in [2.05, 4.69) is 15.0 Å². The highest BCUT2D eigenvalue weighted by Gasteiger charge is 2.38. The third-order valence-corrected chi connectivity index (χ3v) is 4.19. The summed E-state index contributed by atoms with van der Waals surface area (Å²) >= 11 is 0. The first-order valence-electron chi connectivity index (χ1n) is 8.52. The number of ether oxygens (including phenoxy) is 1. The van der Waals surface area contributed by atoms with Gasteiger partial charge in [-0.05, 0) is 25.0 Å². The van der Waals surface area contributed by atoms with Crippen molar-refractivity contribution in [2.75, 3.05) is 19.7 Å². The lowest BCUT2D eigenvalue weighted by Gasteiger charge is -2.14. The molecule has 0 bridgehead atoms. The second-order valence-corrected chi connectivity index (χ2v) is 6.10. The maximum Gasteiger partial charge on any atom is 0.453 e. The molecule has 1 N–H and O–H groups in total. The van der Waals surface area contributed by atoms with Gasteiger partial charge in [-0.15, -0.1) is 0 Å². The fourth-order valence-electron chi connectivity index (χ4n) is 2.96. The fourth-order valence-corrected chi connectivity index (χ4v) is 2.96. The monoisotopic (exact) mass is 385 g/mol. The van der Waals surface area contributed by atoms with E-state index in [0.29, 0.717) is 30.6 Å². The molecule has 1 saturated heterocycles. The summed E-state index contributed by atoms with van der Waals surface area (Å²) in [5.74, 6) is -1.00. The molecule has 1 aromatic heterocycles.